The molecule has 0 aromatic carbocycles. The highest BCUT2D eigenvalue weighted by molar-refractivity contribution is 7.91. The lowest BCUT2D eigenvalue weighted by atomic mass is 10.2. The van der Waals surface area contributed by atoms with E-state index in [-0.39, 0.29) is 23.7 Å². The molecule has 0 spiro atoms. The van der Waals surface area contributed by atoms with Gasteiger partial charge in [-0.25, -0.2) is 8.42 Å². The minimum Gasteiger partial charge on any atom is -0.378 e. The maximum absolute atomic E-state index is 11.5. The van der Waals surface area contributed by atoms with Gasteiger partial charge in [0.15, 0.2) is 9.84 Å². The molecule has 0 aromatic rings. The van der Waals surface area contributed by atoms with Crippen molar-refractivity contribution in [3.05, 3.63) is 0 Å². The molecule has 0 aliphatic carbocycles. The molecule has 1 rings (SSSR count). The van der Waals surface area contributed by atoms with Gasteiger partial charge in [0, 0.05) is 12.6 Å². The smallest absolute Gasteiger partial charge is 0.151 e. The van der Waals surface area contributed by atoms with Gasteiger partial charge in [0.2, 0.25) is 0 Å². The van der Waals surface area contributed by atoms with E-state index in [0.29, 0.717) is 6.42 Å². The molecule has 1 heterocycles. The van der Waals surface area contributed by atoms with Gasteiger partial charge in [-0.05, 0) is 26.2 Å². The molecule has 0 aromatic heterocycles. The van der Waals surface area contributed by atoms with Gasteiger partial charge in [-0.2, -0.15) is 0 Å². The van der Waals surface area contributed by atoms with E-state index in [2.05, 4.69) is 0 Å². The molecule has 1 saturated heterocycles. The fourth-order valence-corrected chi connectivity index (χ4v) is 3.26. The average Bonchev–Trinajstić information content (AvgIpc) is 2.50. The van der Waals surface area contributed by atoms with Crippen LogP contribution in [0.4, 0.5) is 0 Å². The topological polar surface area (TPSA) is 69.4 Å². The zero-order valence-corrected chi connectivity index (χ0v) is 9.42. The average molecular weight is 221 g/mol. The Labute approximate surface area is 85.7 Å². The van der Waals surface area contributed by atoms with E-state index in [0.717, 1.165) is 19.4 Å². The van der Waals surface area contributed by atoms with Gasteiger partial charge in [-0.1, -0.05) is 0 Å². The minimum atomic E-state index is -2.97. The second kappa shape index (κ2) is 5.09. The highest BCUT2D eigenvalue weighted by atomic mass is 32.2. The SMILES string of the molecule is CC(N)CS(=O)(=O)CCC1CCCO1. The van der Waals surface area contributed by atoms with Crippen molar-refractivity contribution >= 4 is 9.84 Å². The zero-order valence-electron chi connectivity index (χ0n) is 8.61. The fourth-order valence-electron chi connectivity index (χ4n) is 1.67. The highest BCUT2D eigenvalue weighted by Gasteiger charge is 2.20. The summed E-state index contributed by atoms with van der Waals surface area (Å²) in [6, 6.07) is -0.274. The largest absolute Gasteiger partial charge is 0.378 e. The van der Waals surface area contributed by atoms with Crippen molar-refractivity contribution < 1.29 is 13.2 Å². The fraction of sp³-hybridized carbons (Fsp3) is 1.00. The van der Waals surface area contributed by atoms with Crippen LogP contribution in [0, 0.1) is 0 Å². The number of ether oxygens (including phenoxy) is 1. The lowest BCUT2D eigenvalue weighted by molar-refractivity contribution is 0.109. The van der Waals surface area contributed by atoms with Crippen LogP contribution in [0.5, 0.6) is 0 Å². The lowest BCUT2D eigenvalue weighted by Crippen LogP contribution is -2.28. The molecule has 0 radical (unpaired) electrons. The predicted octanol–water partition coefficient (Wildman–Crippen LogP) is 0.317. The van der Waals surface area contributed by atoms with Crippen molar-refractivity contribution in [2.45, 2.75) is 38.3 Å². The summed E-state index contributed by atoms with van der Waals surface area (Å²) in [4.78, 5) is 0. The van der Waals surface area contributed by atoms with Crippen molar-refractivity contribution in [1.82, 2.24) is 0 Å². The van der Waals surface area contributed by atoms with Crippen molar-refractivity contribution in [3.63, 3.8) is 0 Å². The Hall–Kier alpha value is -0.130. The van der Waals surface area contributed by atoms with Crippen molar-refractivity contribution in [2.24, 2.45) is 5.73 Å². The van der Waals surface area contributed by atoms with Crippen LogP contribution in [0.25, 0.3) is 0 Å². The Morgan fingerprint density at radius 2 is 2.29 bits per heavy atom. The second-order valence-corrected chi connectivity index (χ2v) is 6.24. The van der Waals surface area contributed by atoms with Gasteiger partial charge in [0.25, 0.3) is 0 Å². The number of sulfone groups is 1. The Morgan fingerprint density at radius 3 is 2.79 bits per heavy atom. The summed E-state index contributed by atoms with van der Waals surface area (Å²) in [5, 5.41) is 0. The first-order chi connectivity index (χ1) is 6.49. The first kappa shape index (κ1) is 11.9. The summed E-state index contributed by atoms with van der Waals surface area (Å²) >= 11 is 0. The molecular weight excluding hydrogens is 202 g/mol. The maximum atomic E-state index is 11.5. The van der Waals surface area contributed by atoms with Crippen molar-refractivity contribution in [2.75, 3.05) is 18.1 Å². The van der Waals surface area contributed by atoms with Gasteiger partial charge >= 0.3 is 0 Å². The summed E-state index contributed by atoms with van der Waals surface area (Å²) in [6.45, 7) is 2.49. The zero-order chi connectivity index (χ0) is 10.6. The molecule has 0 saturated carbocycles. The normalized spacial score (nSPS) is 25.1. The molecule has 0 amide bonds. The molecule has 1 fully saturated rings. The summed E-state index contributed by atoms with van der Waals surface area (Å²) < 4.78 is 28.3. The number of rotatable bonds is 5. The van der Waals surface area contributed by atoms with Crippen LogP contribution in [0.1, 0.15) is 26.2 Å². The van der Waals surface area contributed by atoms with Crippen LogP contribution in [0.15, 0.2) is 0 Å². The third kappa shape index (κ3) is 4.39. The van der Waals surface area contributed by atoms with E-state index < -0.39 is 9.84 Å². The molecule has 0 bridgehead atoms. The molecule has 1 aliphatic heterocycles. The van der Waals surface area contributed by atoms with E-state index in [1.807, 2.05) is 0 Å². The first-order valence-corrected chi connectivity index (χ1v) is 6.89. The molecular formula is C9H19NO3S. The van der Waals surface area contributed by atoms with Crippen LogP contribution in [0.3, 0.4) is 0 Å². The molecule has 2 unspecified atom stereocenters. The third-order valence-electron chi connectivity index (χ3n) is 2.29. The predicted molar refractivity (Wildman–Crippen MR) is 55.9 cm³/mol. The molecule has 84 valence electrons. The Morgan fingerprint density at radius 1 is 1.57 bits per heavy atom. The second-order valence-electron chi connectivity index (χ2n) is 4.02. The van der Waals surface area contributed by atoms with Crippen LogP contribution >= 0.6 is 0 Å². The lowest BCUT2D eigenvalue weighted by Gasteiger charge is -2.10. The van der Waals surface area contributed by atoms with Gasteiger partial charge in [0.05, 0.1) is 17.6 Å². The summed E-state index contributed by atoms with van der Waals surface area (Å²) in [5.74, 6) is 0.291. The van der Waals surface area contributed by atoms with Crippen molar-refractivity contribution in [1.29, 1.82) is 0 Å². The minimum absolute atomic E-state index is 0.0831. The highest BCUT2D eigenvalue weighted by Crippen LogP contribution is 2.16. The van der Waals surface area contributed by atoms with Crippen LogP contribution in [-0.2, 0) is 14.6 Å². The van der Waals surface area contributed by atoms with Gasteiger partial charge in [0.1, 0.15) is 0 Å². The van der Waals surface area contributed by atoms with Crippen LogP contribution < -0.4 is 5.73 Å². The number of nitrogens with two attached hydrogens (primary N) is 1. The molecule has 1 aliphatic rings. The van der Waals surface area contributed by atoms with Gasteiger partial charge < -0.3 is 10.5 Å². The third-order valence-corrected chi connectivity index (χ3v) is 4.18. The quantitative estimate of drug-likeness (QED) is 0.725. The summed E-state index contributed by atoms with van der Waals surface area (Å²) in [7, 11) is -2.97. The first-order valence-electron chi connectivity index (χ1n) is 5.07. The van der Waals surface area contributed by atoms with Gasteiger partial charge in [-0.3, -0.25) is 0 Å². The van der Waals surface area contributed by atoms with Gasteiger partial charge in [-0.15, -0.1) is 0 Å². The summed E-state index contributed by atoms with van der Waals surface area (Å²) in [6.07, 6.45) is 2.82. The molecule has 2 atom stereocenters. The van der Waals surface area contributed by atoms with Crippen LogP contribution in [-0.4, -0.2) is 38.7 Å². The molecule has 4 nitrogen and oxygen atoms in total. The molecule has 14 heavy (non-hydrogen) atoms. The van der Waals surface area contributed by atoms with E-state index in [1.165, 1.54) is 0 Å². The van der Waals surface area contributed by atoms with E-state index in [9.17, 15) is 8.42 Å². The van der Waals surface area contributed by atoms with Crippen LogP contribution in [0.2, 0.25) is 0 Å². The van der Waals surface area contributed by atoms with E-state index in [4.69, 9.17) is 10.5 Å². The summed E-state index contributed by atoms with van der Waals surface area (Å²) in [5.41, 5.74) is 5.45. The monoisotopic (exact) mass is 221 g/mol. The molecule has 5 heteroatoms. The Balaban J connectivity index is 2.28. The Kier molecular flexibility index (Phi) is 4.34. The Bertz CT molecular complexity index is 255. The molecule has 2 N–H and O–H groups in total. The number of hydrogen-bond acceptors (Lipinski definition) is 4. The number of hydrogen-bond donors (Lipinski definition) is 1. The standard InChI is InChI=1S/C9H19NO3S/c1-8(10)7-14(11,12)6-4-9-3-2-5-13-9/h8-9H,2-7,10H2,1H3. The van der Waals surface area contributed by atoms with E-state index >= 15 is 0 Å². The van der Waals surface area contributed by atoms with Crippen molar-refractivity contribution in [3.8, 4) is 0 Å². The van der Waals surface area contributed by atoms with E-state index in [1.54, 1.807) is 6.92 Å². The maximum Gasteiger partial charge on any atom is 0.151 e.